The summed E-state index contributed by atoms with van der Waals surface area (Å²) in [5.74, 6) is 0.0346. The highest BCUT2D eigenvalue weighted by Gasteiger charge is 2.29. The predicted octanol–water partition coefficient (Wildman–Crippen LogP) is 4.58. The molecule has 7 nitrogen and oxygen atoms in total. The van der Waals surface area contributed by atoms with Gasteiger partial charge in [-0.25, -0.2) is 9.59 Å². The first-order valence-electron chi connectivity index (χ1n) is 11.5. The molecule has 33 heavy (non-hydrogen) atoms. The van der Waals surface area contributed by atoms with Gasteiger partial charge in [0.1, 0.15) is 12.2 Å². The number of carbonyl (C=O) groups is 2. The van der Waals surface area contributed by atoms with Crippen LogP contribution in [-0.4, -0.2) is 48.7 Å². The van der Waals surface area contributed by atoms with E-state index in [0.717, 1.165) is 6.42 Å². The van der Waals surface area contributed by atoms with Gasteiger partial charge in [0.25, 0.3) is 0 Å². The minimum atomic E-state index is -0.586. The van der Waals surface area contributed by atoms with Gasteiger partial charge in [-0.15, -0.1) is 0 Å². The molecule has 0 fully saturated rings. The van der Waals surface area contributed by atoms with Gasteiger partial charge in [-0.2, -0.15) is 0 Å². The number of fused-ring (bicyclic) bond motifs is 3. The second-order valence-electron chi connectivity index (χ2n) is 9.27. The Morgan fingerprint density at radius 3 is 2.15 bits per heavy atom. The van der Waals surface area contributed by atoms with Crippen molar-refractivity contribution in [3.63, 3.8) is 0 Å². The van der Waals surface area contributed by atoms with E-state index in [1.54, 1.807) is 20.8 Å². The highest BCUT2D eigenvalue weighted by atomic mass is 16.6. The summed E-state index contributed by atoms with van der Waals surface area (Å²) >= 11 is 0. The molecule has 0 spiro atoms. The Bertz CT molecular complexity index is 908. The Kier molecular flexibility index (Phi) is 8.33. The maximum Gasteiger partial charge on any atom is 0.407 e. The molecule has 0 radical (unpaired) electrons. The van der Waals surface area contributed by atoms with E-state index >= 15 is 0 Å². The summed E-state index contributed by atoms with van der Waals surface area (Å²) in [5.41, 5.74) is 4.16. The number of hydrogen-bond donors (Lipinski definition) is 3. The second kappa shape index (κ2) is 11.2. The molecule has 0 saturated carbocycles. The molecular weight excluding hydrogens is 420 g/mol. The molecule has 0 bridgehead atoms. The van der Waals surface area contributed by atoms with Crippen molar-refractivity contribution in [1.82, 2.24) is 10.6 Å². The van der Waals surface area contributed by atoms with Crippen LogP contribution in [0.3, 0.4) is 0 Å². The van der Waals surface area contributed by atoms with E-state index < -0.39 is 17.8 Å². The molecule has 2 amide bonds. The normalized spacial score (nSPS) is 13.6. The van der Waals surface area contributed by atoms with Crippen LogP contribution in [0, 0.1) is 0 Å². The number of amides is 2. The molecule has 0 aliphatic heterocycles. The fraction of sp³-hybridized carbons (Fsp3) is 0.462. The van der Waals surface area contributed by atoms with E-state index in [1.807, 2.05) is 24.3 Å². The number of hydrogen-bond acceptors (Lipinski definition) is 5. The Balaban J connectivity index is 1.37. The molecule has 2 aromatic carbocycles. The largest absolute Gasteiger partial charge is 0.449 e. The lowest BCUT2D eigenvalue weighted by atomic mass is 9.98. The molecule has 1 atom stereocenters. The number of alkyl carbamates (subject to hydrolysis) is 2. The monoisotopic (exact) mass is 454 g/mol. The fourth-order valence-corrected chi connectivity index (χ4v) is 4.04. The van der Waals surface area contributed by atoms with Crippen LogP contribution in [-0.2, 0) is 9.47 Å². The number of nitrogens with one attached hydrogen (secondary N) is 2. The van der Waals surface area contributed by atoms with Gasteiger partial charge in [0.05, 0.1) is 12.6 Å². The molecule has 7 heteroatoms. The minimum Gasteiger partial charge on any atom is -0.449 e. The topological polar surface area (TPSA) is 96.9 Å². The van der Waals surface area contributed by atoms with Gasteiger partial charge in [-0.1, -0.05) is 48.5 Å². The molecule has 1 aliphatic rings. The zero-order valence-corrected chi connectivity index (χ0v) is 19.6. The van der Waals surface area contributed by atoms with E-state index in [4.69, 9.17) is 9.47 Å². The average Bonchev–Trinajstić information content (AvgIpc) is 3.09. The standard InChI is InChI=1S/C26H34N2O5/c1-26(2,3)33-25(31)28-18(16-29)10-8-9-15-27-24(30)32-17-23-21-13-6-4-11-19(21)20-12-5-7-14-22(20)23/h4-7,11-14,18,23,29H,8-10,15-17H2,1-3H3,(H,27,30)(H,28,31)/t18-/m1/s1. The van der Waals surface area contributed by atoms with Crippen molar-refractivity contribution in [2.45, 2.75) is 57.6 Å². The van der Waals surface area contributed by atoms with Crippen LogP contribution in [0.5, 0.6) is 0 Å². The van der Waals surface area contributed by atoms with Gasteiger partial charge >= 0.3 is 12.2 Å². The van der Waals surface area contributed by atoms with Gasteiger partial charge in [0.15, 0.2) is 0 Å². The van der Waals surface area contributed by atoms with E-state index in [0.29, 0.717) is 19.4 Å². The van der Waals surface area contributed by atoms with Crippen LogP contribution in [0.4, 0.5) is 9.59 Å². The van der Waals surface area contributed by atoms with Gasteiger partial charge in [-0.05, 0) is 62.3 Å². The van der Waals surface area contributed by atoms with E-state index in [-0.39, 0.29) is 25.2 Å². The smallest absolute Gasteiger partial charge is 0.407 e. The minimum absolute atomic E-state index is 0.0346. The van der Waals surface area contributed by atoms with Crippen LogP contribution < -0.4 is 10.6 Å². The Hall–Kier alpha value is -3.06. The number of carbonyl (C=O) groups excluding carboxylic acids is 2. The first-order chi connectivity index (χ1) is 15.8. The summed E-state index contributed by atoms with van der Waals surface area (Å²) < 4.78 is 10.7. The summed E-state index contributed by atoms with van der Waals surface area (Å²) in [4.78, 5) is 24.0. The average molecular weight is 455 g/mol. The van der Waals surface area contributed by atoms with Crippen LogP contribution in [0.15, 0.2) is 48.5 Å². The van der Waals surface area contributed by atoms with Gasteiger partial charge in [-0.3, -0.25) is 0 Å². The summed E-state index contributed by atoms with van der Waals surface area (Å²) in [6.07, 6.45) is 1.03. The van der Waals surface area contributed by atoms with Crippen LogP contribution in [0.1, 0.15) is 57.1 Å². The van der Waals surface area contributed by atoms with Crippen LogP contribution in [0.25, 0.3) is 11.1 Å². The highest BCUT2D eigenvalue weighted by Crippen LogP contribution is 2.44. The molecule has 0 aromatic heterocycles. The fourth-order valence-electron chi connectivity index (χ4n) is 4.04. The Morgan fingerprint density at radius 2 is 1.58 bits per heavy atom. The molecule has 178 valence electrons. The molecule has 0 unspecified atom stereocenters. The third-order valence-electron chi connectivity index (χ3n) is 5.53. The zero-order chi connectivity index (χ0) is 23.8. The summed E-state index contributed by atoms with van der Waals surface area (Å²) in [6.45, 7) is 5.94. The summed E-state index contributed by atoms with van der Waals surface area (Å²) in [7, 11) is 0. The molecule has 3 rings (SSSR count). The summed E-state index contributed by atoms with van der Waals surface area (Å²) in [5, 5.41) is 14.9. The van der Waals surface area contributed by atoms with E-state index in [1.165, 1.54) is 22.3 Å². The molecule has 3 N–H and O–H groups in total. The number of ether oxygens (including phenoxy) is 2. The number of benzene rings is 2. The van der Waals surface area contributed by atoms with Crippen LogP contribution in [0.2, 0.25) is 0 Å². The third kappa shape index (κ3) is 6.96. The number of aliphatic hydroxyl groups is 1. The number of unbranched alkanes of at least 4 members (excludes halogenated alkanes) is 1. The first kappa shape index (κ1) is 24.6. The highest BCUT2D eigenvalue weighted by molar-refractivity contribution is 5.79. The lowest BCUT2D eigenvalue weighted by Gasteiger charge is -2.22. The summed E-state index contributed by atoms with van der Waals surface area (Å²) in [6, 6.07) is 16.1. The quantitative estimate of drug-likeness (QED) is 0.482. The lowest BCUT2D eigenvalue weighted by Crippen LogP contribution is -2.41. The van der Waals surface area contributed by atoms with E-state index in [9.17, 15) is 14.7 Å². The molecule has 0 heterocycles. The number of aliphatic hydroxyl groups excluding tert-OH is 1. The second-order valence-corrected chi connectivity index (χ2v) is 9.27. The van der Waals surface area contributed by atoms with Gasteiger partial charge < -0.3 is 25.2 Å². The van der Waals surface area contributed by atoms with Crippen molar-refractivity contribution in [3.05, 3.63) is 59.7 Å². The van der Waals surface area contributed by atoms with Crippen molar-refractivity contribution in [3.8, 4) is 11.1 Å². The van der Waals surface area contributed by atoms with Crippen LogP contribution >= 0.6 is 0 Å². The molecule has 1 aliphatic carbocycles. The SMILES string of the molecule is CC(C)(C)OC(=O)N[C@@H](CO)CCCCNC(=O)OCC1c2ccccc2-c2ccccc21. The lowest BCUT2D eigenvalue weighted by molar-refractivity contribution is 0.0478. The van der Waals surface area contributed by atoms with Crippen molar-refractivity contribution in [2.24, 2.45) is 0 Å². The van der Waals surface area contributed by atoms with Gasteiger partial charge in [0.2, 0.25) is 0 Å². The van der Waals surface area contributed by atoms with E-state index in [2.05, 4.69) is 34.9 Å². The predicted molar refractivity (Wildman–Crippen MR) is 127 cm³/mol. The molecule has 2 aromatic rings. The third-order valence-corrected chi connectivity index (χ3v) is 5.53. The van der Waals surface area contributed by atoms with Gasteiger partial charge in [0, 0.05) is 12.5 Å². The first-order valence-corrected chi connectivity index (χ1v) is 11.5. The Morgan fingerprint density at radius 1 is 0.970 bits per heavy atom. The molecular formula is C26H34N2O5. The Labute approximate surface area is 195 Å². The maximum absolute atomic E-state index is 12.2. The zero-order valence-electron chi connectivity index (χ0n) is 19.6. The molecule has 0 saturated heterocycles. The van der Waals surface area contributed by atoms with Crippen molar-refractivity contribution >= 4 is 12.2 Å². The van der Waals surface area contributed by atoms with Crippen molar-refractivity contribution in [1.29, 1.82) is 0 Å². The van der Waals surface area contributed by atoms with Crippen molar-refractivity contribution < 1.29 is 24.2 Å². The number of rotatable bonds is 9. The maximum atomic E-state index is 12.2. The van der Waals surface area contributed by atoms with Crippen molar-refractivity contribution in [2.75, 3.05) is 19.8 Å².